The molecular weight excluding hydrogens is 395 g/mol. The zero-order valence-electron chi connectivity index (χ0n) is 14.9. The fourth-order valence-electron chi connectivity index (χ4n) is 2.81. The van der Waals surface area contributed by atoms with Gasteiger partial charge < -0.3 is 9.72 Å². The van der Waals surface area contributed by atoms with Crippen molar-refractivity contribution in [2.45, 2.75) is 5.75 Å². The van der Waals surface area contributed by atoms with Crippen LogP contribution in [0.4, 0.5) is 4.39 Å². The van der Waals surface area contributed by atoms with Crippen LogP contribution >= 0.6 is 23.1 Å². The molecule has 0 spiro atoms. The van der Waals surface area contributed by atoms with E-state index >= 15 is 0 Å². The Labute approximate surface area is 169 Å². The zero-order valence-corrected chi connectivity index (χ0v) is 16.5. The molecule has 0 aliphatic rings. The molecular formula is C21H17FN2O2S2. The number of thioether (sulfide) groups is 1. The Balaban J connectivity index is 1.38. The standard InChI is InChI=1S/C21H17FN2O2S2/c22-15-6-8-16(9-7-15)26-10-11-27-13-18-23-20(25)19-17(12-28-21(19)24-18)14-4-2-1-3-5-14/h1-9,12H,10-11,13H2,(H,23,24,25). The summed E-state index contributed by atoms with van der Waals surface area (Å²) in [5, 5.41) is 2.62. The Morgan fingerprint density at radius 3 is 2.68 bits per heavy atom. The van der Waals surface area contributed by atoms with Gasteiger partial charge in [0.05, 0.1) is 17.7 Å². The van der Waals surface area contributed by atoms with E-state index in [0.717, 1.165) is 21.7 Å². The van der Waals surface area contributed by atoms with E-state index in [2.05, 4.69) is 9.97 Å². The van der Waals surface area contributed by atoms with Gasteiger partial charge in [-0.2, -0.15) is 11.8 Å². The van der Waals surface area contributed by atoms with Crippen molar-refractivity contribution < 1.29 is 9.13 Å². The van der Waals surface area contributed by atoms with Gasteiger partial charge in [-0.3, -0.25) is 4.79 Å². The maximum atomic E-state index is 12.9. The number of ether oxygens (including phenoxy) is 1. The minimum absolute atomic E-state index is 0.108. The van der Waals surface area contributed by atoms with Crippen LogP contribution in [0.2, 0.25) is 0 Å². The van der Waals surface area contributed by atoms with Gasteiger partial charge in [-0.25, -0.2) is 9.37 Å². The van der Waals surface area contributed by atoms with E-state index < -0.39 is 0 Å². The summed E-state index contributed by atoms with van der Waals surface area (Å²) in [5.74, 6) is 2.35. The molecule has 2 heterocycles. The number of thiophene rings is 1. The number of benzene rings is 2. The first-order valence-corrected chi connectivity index (χ1v) is 10.8. The van der Waals surface area contributed by atoms with Crippen molar-refractivity contribution in [1.29, 1.82) is 0 Å². The van der Waals surface area contributed by atoms with E-state index in [-0.39, 0.29) is 11.4 Å². The average molecular weight is 413 g/mol. The van der Waals surface area contributed by atoms with Crippen molar-refractivity contribution >= 4 is 33.3 Å². The van der Waals surface area contributed by atoms with Crippen molar-refractivity contribution in [3.8, 4) is 16.9 Å². The predicted octanol–water partition coefficient (Wildman–Crippen LogP) is 5.10. The van der Waals surface area contributed by atoms with Gasteiger partial charge in [0.25, 0.3) is 5.56 Å². The van der Waals surface area contributed by atoms with Gasteiger partial charge in [0.2, 0.25) is 0 Å². The van der Waals surface area contributed by atoms with Gasteiger partial charge >= 0.3 is 0 Å². The molecule has 0 aliphatic carbocycles. The molecule has 4 rings (SSSR count). The zero-order chi connectivity index (χ0) is 19.3. The van der Waals surface area contributed by atoms with Crippen LogP contribution in [0.25, 0.3) is 21.3 Å². The van der Waals surface area contributed by atoms with Crippen molar-refractivity contribution in [2.75, 3.05) is 12.4 Å². The minimum atomic E-state index is -0.281. The number of fused-ring (bicyclic) bond motifs is 1. The molecule has 4 aromatic rings. The maximum Gasteiger partial charge on any atom is 0.260 e. The van der Waals surface area contributed by atoms with E-state index in [1.54, 1.807) is 23.9 Å². The van der Waals surface area contributed by atoms with Crippen LogP contribution in [0.5, 0.6) is 5.75 Å². The molecule has 0 radical (unpaired) electrons. The SMILES string of the molecule is O=c1[nH]c(CSCCOc2ccc(F)cc2)nc2scc(-c3ccccc3)c12. The normalized spacial score (nSPS) is 11.0. The summed E-state index contributed by atoms with van der Waals surface area (Å²) in [6.45, 7) is 0.500. The molecule has 0 fully saturated rings. The highest BCUT2D eigenvalue weighted by molar-refractivity contribution is 7.98. The molecule has 0 bridgehead atoms. The number of nitrogens with one attached hydrogen (secondary N) is 1. The molecule has 28 heavy (non-hydrogen) atoms. The average Bonchev–Trinajstić information content (AvgIpc) is 3.14. The van der Waals surface area contributed by atoms with Crippen molar-refractivity contribution in [1.82, 2.24) is 9.97 Å². The minimum Gasteiger partial charge on any atom is -0.493 e. The second-order valence-corrected chi connectivity index (χ2v) is 8.03. The predicted molar refractivity (Wildman–Crippen MR) is 114 cm³/mol. The third-order valence-corrected chi connectivity index (χ3v) is 5.93. The number of H-pyrrole nitrogens is 1. The Kier molecular flexibility index (Phi) is 5.73. The molecule has 0 atom stereocenters. The van der Waals surface area contributed by atoms with Crippen LogP contribution in [-0.4, -0.2) is 22.3 Å². The third-order valence-electron chi connectivity index (χ3n) is 4.13. The highest BCUT2D eigenvalue weighted by Crippen LogP contribution is 2.30. The van der Waals surface area contributed by atoms with E-state index in [4.69, 9.17) is 4.74 Å². The molecule has 0 aliphatic heterocycles. The van der Waals surface area contributed by atoms with Gasteiger partial charge in [-0.15, -0.1) is 11.3 Å². The number of aromatic nitrogens is 2. The van der Waals surface area contributed by atoms with Crippen LogP contribution < -0.4 is 10.3 Å². The van der Waals surface area contributed by atoms with Crippen LogP contribution in [0.15, 0.2) is 64.8 Å². The number of rotatable bonds is 7. The van der Waals surface area contributed by atoms with Crippen molar-refractivity contribution in [3.05, 3.63) is 82.0 Å². The molecule has 7 heteroatoms. The van der Waals surface area contributed by atoms with Gasteiger partial charge in [-0.05, 0) is 29.8 Å². The Morgan fingerprint density at radius 2 is 1.89 bits per heavy atom. The Hall–Kier alpha value is -2.64. The molecule has 0 unspecified atom stereocenters. The fraction of sp³-hybridized carbons (Fsp3) is 0.143. The smallest absolute Gasteiger partial charge is 0.260 e. The lowest BCUT2D eigenvalue weighted by Crippen LogP contribution is -2.11. The first-order valence-electron chi connectivity index (χ1n) is 8.72. The molecule has 1 N–H and O–H groups in total. The van der Waals surface area contributed by atoms with Gasteiger partial charge in [0.15, 0.2) is 0 Å². The summed E-state index contributed by atoms with van der Waals surface area (Å²) in [4.78, 5) is 20.9. The Morgan fingerprint density at radius 1 is 1.11 bits per heavy atom. The molecule has 0 saturated carbocycles. The van der Waals surface area contributed by atoms with Crippen LogP contribution in [0.1, 0.15) is 5.82 Å². The van der Waals surface area contributed by atoms with E-state index in [9.17, 15) is 9.18 Å². The summed E-state index contributed by atoms with van der Waals surface area (Å²) in [7, 11) is 0. The van der Waals surface area contributed by atoms with Gasteiger partial charge in [-0.1, -0.05) is 30.3 Å². The highest BCUT2D eigenvalue weighted by atomic mass is 32.2. The number of halogens is 1. The lowest BCUT2D eigenvalue weighted by Gasteiger charge is -2.06. The van der Waals surface area contributed by atoms with Crippen molar-refractivity contribution in [3.63, 3.8) is 0 Å². The lowest BCUT2D eigenvalue weighted by molar-refractivity contribution is 0.343. The molecule has 142 valence electrons. The van der Waals surface area contributed by atoms with Gasteiger partial charge in [0.1, 0.15) is 22.2 Å². The highest BCUT2D eigenvalue weighted by Gasteiger charge is 2.12. The first-order chi connectivity index (χ1) is 13.7. The topological polar surface area (TPSA) is 55.0 Å². The fourth-order valence-corrected chi connectivity index (χ4v) is 4.45. The third kappa shape index (κ3) is 4.26. The number of nitrogens with zero attached hydrogens (tertiary/aromatic N) is 1. The van der Waals surface area contributed by atoms with Crippen LogP contribution in [0.3, 0.4) is 0 Å². The summed E-state index contributed by atoms with van der Waals surface area (Å²) in [6.07, 6.45) is 0. The quantitative estimate of drug-likeness (QED) is 0.429. The second-order valence-electron chi connectivity index (χ2n) is 6.06. The molecule has 4 nitrogen and oxygen atoms in total. The monoisotopic (exact) mass is 412 g/mol. The summed E-state index contributed by atoms with van der Waals surface area (Å²) < 4.78 is 18.4. The number of hydrogen-bond acceptors (Lipinski definition) is 5. The molecule has 2 aromatic carbocycles. The molecule has 0 amide bonds. The van der Waals surface area contributed by atoms with E-state index in [0.29, 0.717) is 29.3 Å². The van der Waals surface area contributed by atoms with E-state index in [1.165, 1.54) is 23.5 Å². The van der Waals surface area contributed by atoms with E-state index in [1.807, 2.05) is 35.7 Å². The summed E-state index contributed by atoms with van der Waals surface area (Å²) >= 11 is 3.11. The lowest BCUT2D eigenvalue weighted by atomic mass is 10.1. The first kappa shape index (κ1) is 18.7. The summed E-state index contributed by atoms with van der Waals surface area (Å²) in [6, 6.07) is 15.8. The maximum absolute atomic E-state index is 12.9. The van der Waals surface area contributed by atoms with Crippen LogP contribution in [0, 0.1) is 5.82 Å². The van der Waals surface area contributed by atoms with Gasteiger partial charge in [0, 0.05) is 16.7 Å². The largest absolute Gasteiger partial charge is 0.493 e. The number of aromatic amines is 1. The number of hydrogen-bond donors (Lipinski definition) is 1. The molecule has 0 saturated heterocycles. The summed E-state index contributed by atoms with van der Waals surface area (Å²) in [5.41, 5.74) is 1.82. The second kappa shape index (κ2) is 8.58. The molecule has 2 aromatic heterocycles. The Bertz CT molecular complexity index is 1120. The van der Waals surface area contributed by atoms with Crippen molar-refractivity contribution in [2.24, 2.45) is 0 Å². The van der Waals surface area contributed by atoms with Crippen LogP contribution in [-0.2, 0) is 5.75 Å².